The van der Waals surface area contributed by atoms with Gasteiger partial charge in [0, 0.05) is 17.8 Å². The first kappa shape index (κ1) is 23.5. The maximum atomic E-state index is 13.4. The van der Waals surface area contributed by atoms with E-state index in [0.717, 1.165) is 23.2 Å². The Kier molecular flexibility index (Phi) is 6.50. The van der Waals surface area contributed by atoms with E-state index in [1.165, 1.54) is 28.9 Å². The molecule has 1 aliphatic carbocycles. The molecule has 1 heterocycles. The zero-order chi connectivity index (χ0) is 25.2. The molecule has 37 heavy (non-hydrogen) atoms. The highest BCUT2D eigenvalue weighted by molar-refractivity contribution is 6.32. The molecule has 4 aromatic rings. The van der Waals surface area contributed by atoms with Crippen molar-refractivity contribution in [2.45, 2.75) is 25.0 Å². The number of hydrogen-bond donors (Lipinski definition) is 1. The molecule has 0 spiro atoms. The molecule has 3 nitrogen and oxygen atoms in total. The minimum atomic E-state index is -0.285. The predicted molar refractivity (Wildman–Crippen MR) is 149 cm³/mol. The summed E-state index contributed by atoms with van der Waals surface area (Å²) < 4.78 is 19.1. The lowest BCUT2D eigenvalue weighted by Crippen LogP contribution is -2.28. The van der Waals surface area contributed by atoms with E-state index in [-0.39, 0.29) is 18.5 Å². The fourth-order valence-corrected chi connectivity index (χ4v) is 5.54. The number of allylic oxidation sites excluding steroid dienone is 2. The largest absolute Gasteiger partial charge is 0.487 e. The van der Waals surface area contributed by atoms with Gasteiger partial charge in [0.1, 0.15) is 18.2 Å². The van der Waals surface area contributed by atoms with Crippen LogP contribution in [0.5, 0.6) is 5.75 Å². The van der Waals surface area contributed by atoms with Gasteiger partial charge in [-0.25, -0.2) is 4.39 Å². The monoisotopic (exact) mass is 508 g/mol. The minimum Gasteiger partial charge on any atom is -0.487 e. The standard InChI is InChI=1S/C32H26ClFN2O/c33-29-18-21(11-16-31(29)37-20-22-5-3-6-24(34)17-22)19-35-25-14-12-23(13-15-25)32-28-9-4-8-26(28)27-7-1-2-10-30(27)36-32/h1-8,10-19,26,28,32,36H,9,20H2/t26-,28+,32+/m1/s1. The number of benzene rings is 4. The van der Waals surface area contributed by atoms with Gasteiger partial charge in [-0.2, -0.15) is 0 Å². The number of fused-ring (bicyclic) bond motifs is 3. The van der Waals surface area contributed by atoms with Crippen molar-refractivity contribution in [3.05, 3.63) is 136 Å². The third-order valence-electron chi connectivity index (χ3n) is 7.13. The van der Waals surface area contributed by atoms with E-state index in [1.54, 1.807) is 12.3 Å². The Morgan fingerprint density at radius 1 is 0.973 bits per heavy atom. The predicted octanol–water partition coefficient (Wildman–Crippen LogP) is 8.64. The van der Waals surface area contributed by atoms with Gasteiger partial charge in [0.05, 0.1) is 16.8 Å². The van der Waals surface area contributed by atoms with Crippen LogP contribution in [0.1, 0.15) is 40.6 Å². The Bertz CT molecular complexity index is 1480. The highest BCUT2D eigenvalue weighted by atomic mass is 35.5. The normalized spacial score (nSPS) is 19.9. The summed E-state index contributed by atoms with van der Waals surface area (Å²) in [6.45, 7) is 0.246. The third kappa shape index (κ3) is 5.03. The summed E-state index contributed by atoms with van der Waals surface area (Å²) >= 11 is 6.42. The maximum Gasteiger partial charge on any atom is 0.138 e. The van der Waals surface area contributed by atoms with Gasteiger partial charge < -0.3 is 10.1 Å². The summed E-state index contributed by atoms with van der Waals surface area (Å²) in [5.74, 6) is 1.25. The van der Waals surface area contributed by atoms with Crippen molar-refractivity contribution >= 4 is 29.2 Å². The van der Waals surface area contributed by atoms with E-state index >= 15 is 0 Å². The van der Waals surface area contributed by atoms with Crippen LogP contribution in [0.15, 0.2) is 108 Å². The summed E-state index contributed by atoms with van der Waals surface area (Å²) in [6.07, 6.45) is 7.55. The maximum absolute atomic E-state index is 13.4. The fraction of sp³-hybridized carbons (Fsp3) is 0.156. The molecule has 0 amide bonds. The molecule has 3 atom stereocenters. The molecular weight excluding hydrogens is 483 g/mol. The van der Waals surface area contributed by atoms with Crippen LogP contribution in [0.4, 0.5) is 15.8 Å². The lowest BCUT2D eigenvalue weighted by atomic mass is 9.77. The number of halogens is 2. The quantitative estimate of drug-likeness (QED) is 0.209. The molecule has 2 aliphatic rings. The van der Waals surface area contributed by atoms with Gasteiger partial charge in [0.15, 0.2) is 0 Å². The molecule has 0 saturated heterocycles. The molecule has 5 heteroatoms. The highest BCUT2D eigenvalue weighted by Gasteiger charge is 2.37. The van der Waals surface area contributed by atoms with Crippen molar-refractivity contribution in [2.24, 2.45) is 10.9 Å². The Morgan fingerprint density at radius 2 is 1.84 bits per heavy atom. The Labute approximate surface area is 221 Å². The van der Waals surface area contributed by atoms with E-state index in [0.29, 0.717) is 22.6 Å². The van der Waals surface area contributed by atoms with Crippen LogP contribution >= 0.6 is 11.6 Å². The molecule has 4 aromatic carbocycles. The second-order valence-corrected chi connectivity index (χ2v) is 9.93. The van der Waals surface area contributed by atoms with Crippen LogP contribution in [0.3, 0.4) is 0 Å². The molecule has 0 fully saturated rings. The van der Waals surface area contributed by atoms with Gasteiger partial charge in [-0.3, -0.25) is 4.99 Å². The fourth-order valence-electron chi connectivity index (χ4n) is 5.29. The molecule has 0 bridgehead atoms. The van der Waals surface area contributed by atoms with Gasteiger partial charge in [0.25, 0.3) is 0 Å². The first-order valence-electron chi connectivity index (χ1n) is 12.5. The van der Waals surface area contributed by atoms with E-state index in [1.807, 2.05) is 24.3 Å². The molecule has 0 aromatic heterocycles. The van der Waals surface area contributed by atoms with Crippen molar-refractivity contribution < 1.29 is 9.13 Å². The number of para-hydroxylation sites is 1. The number of nitrogens with one attached hydrogen (secondary N) is 1. The van der Waals surface area contributed by atoms with Gasteiger partial charge in [-0.15, -0.1) is 0 Å². The molecule has 1 N–H and O–H groups in total. The van der Waals surface area contributed by atoms with E-state index < -0.39 is 0 Å². The molecule has 0 radical (unpaired) electrons. The third-order valence-corrected chi connectivity index (χ3v) is 7.42. The summed E-state index contributed by atoms with van der Waals surface area (Å²) in [4.78, 5) is 4.64. The van der Waals surface area contributed by atoms with Gasteiger partial charge >= 0.3 is 0 Å². The molecule has 1 aliphatic heterocycles. The number of rotatable bonds is 6. The van der Waals surface area contributed by atoms with Crippen molar-refractivity contribution in [3.8, 4) is 5.75 Å². The van der Waals surface area contributed by atoms with E-state index in [4.69, 9.17) is 16.3 Å². The first-order chi connectivity index (χ1) is 18.1. The first-order valence-corrected chi connectivity index (χ1v) is 12.8. The van der Waals surface area contributed by atoms with E-state index in [2.05, 4.69) is 71.0 Å². The smallest absolute Gasteiger partial charge is 0.138 e. The van der Waals surface area contributed by atoms with Gasteiger partial charge in [-0.05, 0) is 83.1 Å². The summed E-state index contributed by atoms with van der Waals surface area (Å²) in [5.41, 5.74) is 6.39. The number of ether oxygens (including phenoxy) is 1. The molecule has 0 saturated carbocycles. The topological polar surface area (TPSA) is 33.6 Å². The van der Waals surface area contributed by atoms with Crippen LogP contribution in [0.2, 0.25) is 5.02 Å². The average molecular weight is 509 g/mol. The van der Waals surface area contributed by atoms with Crippen LogP contribution in [-0.4, -0.2) is 6.21 Å². The van der Waals surface area contributed by atoms with Crippen LogP contribution < -0.4 is 10.1 Å². The van der Waals surface area contributed by atoms with Crippen LogP contribution in [0.25, 0.3) is 0 Å². The minimum absolute atomic E-state index is 0.246. The molecular formula is C32H26ClFN2O. The zero-order valence-corrected chi connectivity index (χ0v) is 20.9. The molecule has 0 unspecified atom stereocenters. The highest BCUT2D eigenvalue weighted by Crippen LogP contribution is 2.49. The van der Waals surface area contributed by atoms with Crippen molar-refractivity contribution in [1.29, 1.82) is 0 Å². The summed E-state index contributed by atoms with van der Waals surface area (Å²) in [7, 11) is 0. The Hall–Kier alpha value is -3.89. The Morgan fingerprint density at radius 3 is 2.68 bits per heavy atom. The Balaban J connectivity index is 1.12. The lowest BCUT2D eigenvalue weighted by molar-refractivity contribution is 0.306. The zero-order valence-electron chi connectivity index (χ0n) is 20.1. The summed E-state index contributed by atoms with van der Waals surface area (Å²) in [5, 5.41) is 4.26. The van der Waals surface area contributed by atoms with Gasteiger partial charge in [0.2, 0.25) is 0 Å². The second kappa shape index (κ2) is 10.2. The molecule has 184 valence electrons. The summed E-state index contributed by atoms with van der Waals surface area (Å²) in [6, 6.07) is 29.2. The molecule has 6 rings (SSSR count). The van der Waals surface area contributed by atoms with Gasteiger partial charge in [-0.1, -0.05) is 66.2 Å². The number of aliphatic imine (C=N–C) groups is 1. The van der Waals surface area contributed by atoms with Crippen LogP contribution in [0, 0.1) is 11.7 Å². The van der Waals surface area contributed by atoms with Crippen molar-refractivity contribution in [1.82, 2.24) is 0 Å². The number of hydrogen-bond acceptors (Lipinski definition) is 3. The van der Waals surface area contributed by atoms with E-state index in [9.17, 15) is 4.39 Å². The number of anilines is 1. The second-order valence-electron chi connectivity index (χ2n) is 9.52. The lowest BCUT2D eigenvalue weighted by Gasteiger charge is -2.37. The van der Waals surface area contributed by atoms with Crippen molar-refractivity contribution in [2.75, 3.05) is 5.32 Å². The van der Waals surface area contributed by atoms with Crippen molar-refractivity contribution in [3.63, 3.8) is 0 Å². The van der Waals surface area contributed by atoms with Crippen LogP contribution in [-0.2, 0) is 6.61 Å². The number of nitrogens with zero attached hydrogens (tertiary/aromatic N) is 1. The average Bonchev–Trinajstić information content (AvgIpc) is 3.42. The SMILES string of the molecule is Fc1cccc(COc2ccc(C=Nc3ccc([C@@H]4Nc5ccccc5[C@H]5C=CC[C@@H]54)cc3)cc2Cl)c1.